The van der Waals surface area contributed by atoms with E-state index in [0.29, 0.717) is 0 Å². The molecule has 2 nitrogen and oxygen atoms in total. The highest BCUT2D eigenvalue weighted by atomic mass is 127. The van der Waals surface area contributed by atoms with Gasteiger partial charge < -0.3 is 5.32 Å². The lowest BCUT2D eigenvalue weighted by Crippen LogP contribution is -2.16. The van der Waals surface area contributed by atoms with Gasteiger partial charge in [0.1, 0.15) is 0 Å². The lowest BCUT2D eigenvalue weighted by Gasteiger charge is -2.08. The molecule has 2 fully saturated rings. The van der Waals surface area contributed by atoms with Gasteiger partial charge in [0.25, 0.3) is 0 Å². The summed E-state index contributed by atoms with van der Waals surface area (Å²) in [5.74, 6) is 2.97. The summed E-state index contributed by atoms with van der Waals surface area (Å²) in [6.07, 6.45) is 2.90. The molecule has 1 saturated carbocycles. The summed E-state index contributed by atoms with van der Waals surface area (Å²) in [5, 5.41) is 3.46. The van der Waals surface area contributed by atoms with Crippen LogP contribution in [0.3, 0.4) is 0 Å². The van der Waals surface area contributed by atoms with Gasteiger partial charge in [-0.15, -0.1) is 0 Å². The van der Waals surface area contributed by atoms with Crippen LogP contribution in [0.1, 0.15) is 12.8 Å². The number of hydrogen-bond acceptors (Lipinski definition) is 2. The Kier molecular flexibility index (Phi) is 2.69. The first kappa shape index (κ1) is 8.26. The Balaban J connectivity index is 1.84. The standard InChI is InChI=1S/C8H15IN2/c9-11-3-6-1-7-4-10-5-8(7)2-6/h6-8,10-11H,1-5H2. The van der Waals surface area contributed by atoms with Crippen molar-refractivity contribution in [3.05, 3.63) is 0 Å². The zero-order chi connectivity index (χ0) is 7.68. The topological polar surface area (TPSA) is 24.1 Å². The van der Waals surface area contributed by atoms with E-state index in [1.807, 2.05) is 0 Å². The van der Waals surface area contributed by atoms with E-state index in [9.17, 15) is 0 Å². The van der Waals surface area contributed by atoms with Crippen LogP contribution in [0, 0.1) is 17.8 Å². The monoisotopic (exact) mass is 266 g/mol. The van der Waals surface area contributed by atoms with Gasteiger partial charge in [0.05, 0.1) is 0 Å². The van der Waals surface area contributed by atoms with Crippen molar-refractivity contribution in [2.75, 3.05) is 19.6 Å². The molecule has 3 heteroatoms. The molecule has 0 amide bonds. The van der Waals surface area contributed by atoms with Crippen LogP contribution < -0.4 is 8.85 Å². The summed E-state index contributed by atoms with van der Waals surface area (Å²) in [6.45, 7) is 3.78. The van der Waals surface area contributed by atoms with Crippen LogP contribution in [0.15, 0.2) is 0 Å². The summed E-state index contributed by atoms with van der Waals surface area (Å²) in [6, 6.07) is 0. The van der Waals surface area contributed by atoms with Gasteiger partial charge in [0.15, 0.2) is 0 Å². The Morgan fingerprint density at radius 3 is 2.45 bits per heavy atom. The number of nitrogens with one attached hydrogen (secondary N) is 2. The lowest BCUT2D eigenvalue weighted by atomic mass is 10.0. The number of hydrogen-bond donors (Lipinski definition) is 2. The average Bonchev–Trinajstić information content (AvgIpc) is 2.46. The van der Waals surface area contributed by atoms with E-state index in [1.54, 1.807) is 0 Å². The molecule has 1 aliphatic carbocycles. The van der Waals surface area contributed by atoms with E-state index >= 15 is 0 Å². The molecule has 0 aromatic rings. The van der Waals surface area contributed by atoms with Gasteiger partial charge >= 0.3 is 0 Å². The number of rotatable bonds is 2. The molecule has 0 radical (unpaired) electrons. The third-order valence-electron chi connectivity index (χ3n) is 3.12. The molecule has 2 aliphatic rings. The Hall–Kier alpha value is 0.650. The minimum Gasteiger partial charge on any atom is -0.316 e. The maximum Gasteiger partial charge on any atom is 0.0169 e. The first-order chi connectivity index (χ1) is 5.40. The minimum absolute atomic E-state index is 0.962. The van der Waals surface area contributed by atoms with Gasteiger partial charge in [-0.2, -0.15) is 0 Å². The first-order valence-corrected chi connectivity index (χ1v) is 5.52. The number of halogens is 1. The second kappa shape index (κ2) is 3.58. The molecule has 0 aromatic carbocycles. The van der Waals surface area contributed by atoms with Crippen LogP contribution >= 0.6 is 22.9 Å². The molecule has 2 atom stereocenters. The molecule has 0 spiro atoms. The summed E-state index contributed by atoms with van der Waals surface area (Å²) in [7, 11) is 0. The highest BCUT2D eigenvalue weighted by molar-refractivity contribution is 14.1. The largest absolute Gasteiger partial charge is 0.316 e. The maximum atomic E-state index is 3.46. The molecule has 2 N–H and O–H groups in total. The van der Waals surface area contributed by atoms with E-state index < -0.39 is 0 Å². The predicted molar refractivity (Wildman–Crippen MR) is 54.6 cm³/mol. The Labute approximate surface area is 82.0 Å². The SMILES string of the molecule is INCC1CC2CNCC2C1. The fourth-order valence-electron chi connectivity index (χ4n) is 2.57. The van der Waals surface area contributed by atoms with Crippen molar-refractivity contribution < 1.29 is 0 Å². The Morgan fingerprint density at radius 2 is 1.91 bits per heavy atom. The van der Waals surface area contributed by atoms with Crippen LogP contribution in [0.5, 0.6) is 0 Å². The van der Waals surface area contributed by atoms with Crippen molar-refractivity contribution in [2.45, 2.75) is 12.8 Å². The molecule has 1 heterocycles. The highest BCUT2D eigenvalue weighted by Crippen LogP contribution is 2.38. The first-order valence-electron chi connectivity index (χ1n) is 4.44. The summed E-state index contributed by atoms with van der Waals surface area (Å²) in [5.41, 5.74) is 0. The fraction of sp³-hybridized carbons (Fsp3) is 1.00. The van der Waals surface area contributed by atoms with Crippen molar-refractivity contribution in [2.24, 2.45) is 17.8 Å². The summed E-state index contributed by atoms with van der Waals surface area (Å²) < 4.78 is 3.25. The molecule has 1 saturated heterocycles. The predicted octanol–water partition coefficient (Wildman–Crippen LogP) is 1.17. The van der Waals surface area contributed by atoms with Crippen LogP contribution in [0.4, 0.5) is 0 Å². The van der Waals surface area contributed by atoms with Gasteiger partial charge in [-0.05, 0) is 43.7 Å². The van der Waals surface area contributed by atoms with E-state index in [2.05, 4.69) is 31.7 Å². The second-order valence-electron chi connectivity index (χ2n) is 3.85. The molecule has 0 bridgehead atoms. The second-order valence-corrected chi connectivity index (χ2v) is 4.62. The van der Waals surface area contributed by atoms with Crippen molar-refractivity contribution in [3.63, 3.8) is 0 Å². The van der Waals surface area contributed by atoms with E-state index in [1.165, 1.54) is 32.5 Å². The zero-order valence-corrected chi connectivity index (χ0v) is 8.80. The molecule has 2 unspecified atom stereocenters. The molecule has 2 rings (SSSR count). The molecular formula is C8H15IN2. The summed E-state index contributed by atoms with van der Waals surface area (Å²) in [4.78, 5) is 0. The van der Waals surface area contributed by atoms with Gasteiger partial charge in [-0.1, -0.05) is 0 Å². The van der Waals surface area contributed by atoms with Crippen LogP contribution in [-0.2, 0) is 0 Å². The van der Waals surface area contributed by atoms with Gasteiger partial charge in [0, 0.05) is 29.4 Å². The molecule has 11 heavy (non-hydrogen) atoms. The summed E-state index contributed by atoms with van der Waals surface area (Å²) >= 11 is 2.26. The molecular weight excluding hydrogens is 251 g/mol. The minimum atomic E-state index is 0.962. The van der Waals surface area contributed by atoms with Crippen molar-refractivity contribution in [1.82, 2.24) is 8.85 Å². The zero-order valence-electron chi connectivity index (χ0n) is 6.65. The third kappa shape index (κ3) is 1.70. The Bertz CT molecular complexity index is 128. The fourth-order valence-corrected chi connectivity index (χ4v) is 3.19. The van der Waals surface area contributed by atoms with Crippen molar-refractivity contribution >= 4 is 22.9 Å². The quantitative estimate of drug-likeness (QED) is 0.579. The van der Waals surface area contributed by atoms with Gasteiger partial charge in [-0.3, -0.25) is 3.53 Å². The maximum absolute atomic E-state index is 3.46. The number of fused-ring (bicyclic) bond motifs is 1. The van der Waals surface area contributed by atoms with Crippen LogP contribution in [0.2, 0.25) is 0 Å². The smallest absolute Gasteiger partial charge is 0.0169 e. The van der Waals surface area contributed by atoms with E-state index in [4.69, 9.17) is 0 Å². The average molecular weight is 266 g/mol. The normalized spacial score (nSPS) is 42.8. The molecule has 0 aromatic heterocycles. The molecule has 1 aliphatic heterocycles. The molecule has 64 valence electrons. The highest BCUT2D eigenvalue weighted by Gasteiger charge is 2.36. The van der Waals surface area contributed by atoms with Crippen LogP contribution in [0.25, 0.3) is 0 Å². The van der Waals surface area contributed by atoms with Crippen LogP contribution in [-0.4, -0.2) is 19.6 Å². The van der Waals surface area contributed by atoms with Gasteiger partial charge in [-0.25, -0.2) is 0 Å². The Morgan fingerprint density at radius 1 is 1.27 bits per heavy atom. The van der Waals surface area contributed by atoms with Crippen molar-refractivity contribution in [3.8, 4) is 0 Å². The third-order valence-corrected chi connectivity index (χ3v) is 3.56. The van der Waals surface area contributed by atoms with Gasteiger partial charge in [0.2, 0.25) is 0 Å². The van der Waals surface area contributed by atoms with E-state index in [-0.39, 0.29) is 0 Å². The lowest BCUT2D eigenvalue weighted by molar-refractivity contribution is 0.494. The van der Waals surface area contributed by atoms with E-state index in [0.717, 1.165) is 17.8 Å². The van der Waals surface area contributed by atoms with Crippen molar-refractivity contribution in [1.29, 1.82) is 0 Å².